The van der Waals surface area contributed by atoms with Gasteiger partial charge in [-0.05, 0) is 76.6 Å². The molecule has 1 amide bonds. The molecule has 1 aromatic carbocycles. The monoisotopic (exact) mass is 541 g/mol. The van der Waals surface area contributed by atoms with Crippen LogP contribution in [-0.4, -0.2) is 41.5 Å². The fourth-order valence-corrected chi connectivity index (χ4v) is 3.57. The molecule has 1 aliphatic rings. The van der Waals surface area contributed by atoms with E-state index in [1.54, 1.807) is 7.05 Å². The summed E-state index contributed by atoms with van der Waals surface area (Å²) in [7, 11) is 3.05. The standard InChI is InChI=1S/C15H17I2N3O3/c1-19(22-2)15(21)14-9-7-10(16)11(17)8-12(9)20(18-14)13-5-3-4-6-23-13/h7-8,13H,3-6H2,1-2H3. The Morgan fingerprint density at radius 1 is 1.39 bits per heavy atom. The molecule has 6 nitrogen and oxygen atoms in total. The Morgan fingerprint density at radius 2 is 2.13 bits per heavy atom. The quantitative estimate of drug-likeness (QED) is 0.441. The first-order chi connectivity index (χ1) is 11.0. The fraction of sp³-hybridized carbons (Fsp3) is 0.467. The lowest BCUT2D eigenvalue weighted by molar-refractivity contribution is -0.0762. The van der Waals surface area contributed by atoms with E-state index in [2.05, 4.69) is 56.3 Å². The van der Waals surface area contributed by atoms with Crippen LogP contribution < -0.4 is 0 Å². The van der Waals surface area contributed by atoms with E-state index in [9.17, 15) is 4.79 Å². The molecule has 1 aromatic heterocycles. The van der Waals surface area contributed by atoms with Crippen LogP contribution in [0.3, 0.4) is 0 Å². The summed E-state index contributed by atoms with van der Waals surface area (Å²) >= 11 is 4.57. The van der Waals surface area contributed by atoms with Gasteiger partial charge in [-0.15, -0.1) is 0 Å². The summed E-state index contributed by atoms with van der Waals surface area (Å²) in [5.74, 6) is -0.260. The Kier molecular flexibility index (Phi) is 5.43. The van der Waals surface area contributed by atoms with Crippen molar-refractivity contribution >= 4 is 62.0 Å². The van der Waals surface area contributed by atoms with Crippen molar-refractivity contribution in [2.45, 2.75) is 25.5 Å². The molecule has 1 atom stereocenters. The molecule has 2 aromatic rings. The second-order valence-electron chi connectivity index (χ2n) is 5.38. The lowest BCUT2D eigenvalue weighted by Gasteiger charge is -2.23. The van der Waals surface area contributed by atoms with Gasteiger partial charge in [0, 0.05) is 26.2 Å². The first-order valence-corrected chi connectivity index (χ1v) is 9.49. The summed E-state index contributed by atoms with van der Waals surface area (Å²) in [4.78, 5) is 17.6. The largest absolute Gasteiger partial charge is 0.356 e. The minimum atomic E-state index is -0.260. The third-order valence-electron chi connectivity index (χ3n) is 3.94. The molecule has 1 fully saturated rings. The van der Waals surface area contributed by atoms with Crippen LogP contribution in [0.5, 0.6) is 0 Å². The number of hydrogen-bond acceptors (Lipinski definition) is 4. The highest BCUT2D eigenvalue weighted by Crippen LogP contribution is 2.31. The summed E-state index contributed by atoms with van der Waals surface area (Å²) in [5, 5.41) is 6.60. The number of nitrogens with zero attached hydrogens (tertiary/aromatic N) is 3. The number of rotatable bonds is 3. The van der Waals surface area contributed by atoms with E-state index in [4.69, 9.17) is 9.57 Å². The second kappa shape index (κ2) is 7.19. The van der Waals surface area contributed by atoms with Crippen LogP contribution in [0.4, 0.5) is 0 Å². The van der Waals surface area contributed by atoms with Gasteiger partial charge < -0.3 is 4.74 Å². The molecule has 8 heteroatoms. The number of hydrogen-bond donors (Lipinski definition) is 0. The van der Waals surface area contributed by atoms with E-state index < -0.39 is 0 Å². The summed E-state index contributed by atoms with van der Waals surface area (Å²) in [6, 6.07) is 4.06. The van der Waals surface area contributed by atoms with Crippen molar-refractivity contribution in [1.82, 2.24) is 14.8 Å². The summed E-state index contributed by atoms with van der Waals surface area (Å²) < 4.78 is 9.94. The van der Waals surface area contributed by atoms with Gasteiger partial charge in [-0.3, -0.25) is 9.63 Å². The Labute approximate surface area is 161 Å². The van der Waals surface area contributed by atoms with Gasteiger partial charge in [-0.25, -0.2) is 9.75 Å². The minimum Gasteiger partial charge on any atom is -0.356 e. The zero-order valence-electron chi connectivity index (χ0n) is 12.9. The molecule has 0 spiro atoms. The molecule has 3 rings (SSSR count). The van der Waals surface area contributed by atoms with Crippen molar-refractivity contribution in [3.05, 3.63) is 25.0 Å². The summed E-state index contributed by atoms with van der Waals surface area (Å²) in [6.45, 7) is 0.731. The average molecular weight is 541 g/mol. The molecule has 1 aliphatic heterocycles. The van der Waals surface area contributed by atoms with Gasteiger partial charge in [0.1, 0.15) is 0 Å². The fourth-order valence-electron chi connectivity index (χ4n) is 2.66. The molecule has 23 heavy (non-hydrogen) atoms. The number of halogens is 2. The number of benzene rings is 1. The predicted molar refractivity (Wildman–Crippen MR) is 103 cm³/mol. The normalized spacial score (nSPS) is 18.3. The van der Waals surface area contributed by atoms with Gasteiger partial charge in [0.2, 0.25) is 0 Å². The zero-order valence-corrected chi connectivity index (χ0v) is 17.2. The van der Waals surface area contributed by atoms with Crippen molar-refractivity contribution < 1.29 is 14.4 Å². The lowest BCUT2D eigenvalue weighted by Crippen LogP contribution is -2.26. The van der Waals surface area contributed by atoms with E-state index in [-0.39, 0.29) is 12.1 Å². The van der Waals surface area contributed by atoms with Crippen LogP contribution in [0.2, 0.25) is 0 Å². The minimum absolute atomic E-state index is 0.114. The van der Waals surface area contributed by atoms with Crippen LogP contribution in [0.1, 0.15) is 36.0 Å². The Bertz CT molecular complexity index is 741. The number of hydroxylamine groups is 2. The number of fused-ring (bicyclic) bond motifs is 1. The lowest BCUT2D eigenvalue weighted by atomic mass is 10.1. The van der Waals surface area contributed by atoms with Crippen LogP contribution in [0.15, 0.2) is 12.1 Å². The van der Waals surface area contributed by atoms with Crippen molar-refractivity contribution in [1.29, 1.82) is 0 Å². The van der Waals surface area contributed by atoms with Crippen LogP contribution in [-0.2, 0) is 9.57 Å². The van der Waals surface area contributed by atoms with Gasteiger partial charge in [0.25, 0.3) is 5.91 Å². The molecule has 0 radical (unpaired) electrons. The number of ether oxygens (including phenoxy) is 1. The molecule has 0 bridgehead atoms. The number of carbonyl (C=O) groups excluding carboxylic acids is 1. The predicted octanol–water partition coefficient (Wildman–Crippen LogP) is 3.58. The maximum Gasteiger partial charge on any atom is 0.298 e. The summed E-state index contributed by atoms with van der Waals surface area (Å²) in [6.07, 6.45) is 2.97. The third-order valence-corrected chi connectivity index (χ3v) is 6.76. The number of amides is 1. The van der Waals surface area contributed by atoms with E-state index in [1.807, 2.05) is 10.7 Å². The van der Waals surface area contributed by atoms with E-state index in [1.165, 1.54) is 12.2 Å². The average Bonchev–Trinajstić information content (AvgIpc) is 2.93. The SMILES string of the molecule is CON(C)C(=O)c1nn(C2CCCCO2)c2cc(I)c(I)cc12. The maximum atomic E-state index is 12.6. The Hall–Kier alpha value is -0.460. The third kappa shape index (κ3) is 3.35. The second-order valence-corrected chi connectivity index (χ2v) is 7.71. The van der Waals surface area contributed by atoms with Crippen LogP contribution >= 0.6 is 45.2 Å². The molecule has 2 heterocycles. The van der Waals surface area contributed by atoms with E-state index in [0.29, 0.717) is 5.69 Å². The Morgan fingerprint density at radius 3 is 2.78 bits per heavy atom. The highest BCUT2D eigenvalue weighted by molar-refractivity contribution is 14.1. The topological polar surface area (TPSA) is 56.6 Å². The molecule has 124 valence electrons. The molecule has 1 saturated heterocycles. The molecule has 0 aliphatic carbocycles. The maximum absolute atomic E-state index is 12.6. The van der Waals surface area contributed by atoms with Gasteiger partial charge in [-0.1, -0.05) is 0 Å². The van der Waals surface area contributed by atoms with Gasteiger partial charge in [-0.2, -0.15) is 5.10 Å². The smallest absolute Gasteiger partial charge is 0.298 e. The first kappa shape index (κ1) is 17.4. The molecule has 1 unspecified atom stereocenters. The molecule has 0 saturated carbocycles. The van der Waals surface area contributed by atoms with Crippen molar-refractivity contribution in [3.63, 3.8) is 0 Å². The van der Waals surface area contributed by atoms with Crippen molar-refractivity contribution in [3.8, 4) is 0 Å². The van der Waals surface area contributed by atoms with Gasteiger partial charge in [0.05, 0.1) is 12.6 Å². The van der Waals surface area contributed by atoms with Gasteiger partial charge >= 0.3 is 0 Å². The Balaban J connectivity index is 2.16. The van der Waals surface area contributed by atoms with Crippen LogP contribution in [0.25, 0.3) is 10.9 Å². The van der Waals surface area contributed by atoms with Crippen molar-refractivity contribution in [2.24, 2.45) is 0 Å². The van der Waals surface area contributed by atoms with Gasteiger partial charge in [0.15, 0.2) is 11.9 Å². The highest BCUT2D eigenvalue weighted by Gasteiger charge is 2.26. The highest BCUT2D eigenvalue weighted by atomic mass is 127. The van der Waals surface area contributed by atoms with E-state index in [0.717, 1.165) is 43.9 Å². The first-order valence-electron chi connectivity index (χ1n) is 7.34. The number of aromatic nitrogens is 2. The van der Waals surface area contributed by atoms with Crippen molar-refractivity contribution in [2.75, 3.05) is 20.8 Å². The van der Waals surface area contributed by atoms with E-state index >= 15 is 0 Å². The summed E-state index contributed by atoms with van der Waals surface area (Å²) in [5.41, 5.74) is 1.32. The molecule has 0 N–H and O–H groups in total. The number of carbonyl (C=O) groups is 1. The zero-order chi connectivity index (χ0) is 16.6. The molecular formula is C15H17I2N3O3. The van der Waals surface area contributed by atoms with Crippen LogP contribution in [0, 0.1) is 7.14 Å². The molecular weight excluding hydrogens is 524 g/mol.